The molecule has 6 nitrogen and oxygen atoms in total. The number of H-pyrrole nitrogens is 1. The van der Waals surface area contributed by atoms with Crippen LogP contribution in [0.25, 0.3) is 10.9 Å². The number of carbonyl (C=O) groups excluding carboxylic acids is 1. The smallest absolute Gasteiger partial charge is 0.256 e. The molecule has 118 valence electrons. The summed E-state index contributed by atoms with van der Waals surface area (Å²) in [6, 6.07) is 7.71. The van der Waals surface area contributed by atoms with Gasteiger partial charge in [-0.3, -0.25) is 4.79 Å². The summed E-state index contributed by atoms with van der Waals surface area (Å²) in [5.41, 5.74) is 2.47. The van der Waals surface area contributed by atoms with Crippen molar-refractivity contribution in [1.29, 1.82) is 0 Å². The first-order valence-electron chi connectivity index (χ1n) is 7.19. The second-order valence-electron chi connectivity index (χ2n) is 5.62. The molecule has 1 fully saturated rings. The number of carbonyl (C=O) groups is 1. The van der Waals surface area contributed by atoms with E-state index in [1.807, 2.05) is 31.2 Å². The van der Waals surface area contributed by atoms with Crippen LogP contribution in [0.1, 0.15) is 16.1 Å². The SMILES string of the molecule is Cc1[nH]c2ccccc2c1C(=O)N1CCN(S(C)(=O)=O)CC1. The number of hydrogen-bond acceptors (Lipinski definition) is 3. The third kappa shape index (κ3) is 2.62. The summed E-state index contributed by atoms with van der Waals surface area (Å²) in [5.74, 6) is -0.0388. The summed E-state index contributed by atoms with van der Waals surface area (Å²) in [6.45, 7) is 3.44. The van der Waals surface area contributed by atoms with E-state index in [1.54, 1.807) is 4.90 Å². The van der Waals surface area contributed by atoms with Crippen LogP contribution >= 0.6 is 0 Å². The molecular formula is C15H19N3O3S. The molecule has 0 aliphatic carbocycles. The zero-order valence-electron chi connectivity index (χ0n) is 12.7. The highest BCUT2D eigenvalue weighted by Crippen LogP contribution is 2.24. The summed E-state index contributed by atoms with van der Waals surface area (Å²) in [6.07, 6.45) is 1.20. The first-order chi connectivity index (χ1) is 10.4. The molecule has 22 heavy (non-hydrogen) atoms. The Labute approximate surface area is 129 Å². The minimum atomic E-state index is -3.18. The van der Waals surface area contributed by atoms with Gasteiger partial charge in [0.2, 0.25) is 10.0 Å². The lowest BCUT2D eigenvalue weighted by Gasteiger charge is -2.33. The number of aromatic nitrogens is 1. The summed E-state index contributed by atoms with van der Waals surface area (Å²) in [7, 11) is -3.18. The minimum absolute atomic E-state index is 0.0388. The number of hydrogen-bond donors (Lipinski definition) is 1. The molecule has 2 heterocycles. The Morgan fingerprint density at radius 3 is 2.41 bits per heavy atom. The number of benzene rings is 1. The van der Waals surface area contributed by atoms with E-state index in [0.717, 1.165) is 16.6 Å². The normalized spacial score (nSPS) is 17.1. The molecule has 0 saturated carbocycles. The monoisotopic (exact) mass is 321 g/mol. The van der Waals surface area contributed by atoms with Crippen molar-refractivity contribution in [2.45, 2.75) is 6.92 Å². The molecular weight excluding hydrogens is 302 g/mol. The second kappa shape index (κ2) is 5.40. The maximum Gasteiger partial charge on any atom is 0.256 e. The number of piperazine rings is 1. The molecule has 0 spiro atoms. The number of rotatable bonds is 2. The van der Waals surface area contributed by atoms with Gasteiger partial charge in [-0.2, -0.15) is 4.31 Å². The first-order valence-corrected chi connectivity index (χ1v) is 9.04. The van der Waals surface area contributed by atoms with Crippen molar-refractivity contribution in [2.75, 3.05) is 32.4 Å². The Balaban J connectivity index is 1.84. The van der Waals surface area contributed by atoms with Gasteiger partial charge in [0.05, 0.1) is 11.8 Å². The molecule has 1 aromatic heterocycles. The Hall–Kier alpha value is -1.86. The van der Waals surface area contributed by atoms with Gasteiger partial charge < -0.3 is 9.88 Å². The van der Waals surface area contributed by atoms with E-state index < -0.39 is 10.0 Å². The summed E-state index contributed by atoms with van der Waals surface area (Å²) >= 11 is 0. The van der Waals surface area contributed by atoms with Crippen LogP contribution in [0, 0.1) is 6.92 Å². The molecule has 1 aliphatic heterocycles. The standard InChI is InChI=1S/C15H19N3O3S/c1-11-14(12-5-3-4-6-13(12)16-11)15(19)17-7-9-18(10-8-17)22(2,20)21/h3-6,16H,7-10H2,1-2H3. The average molecular weight is 321 g/mol. The maximum absolute atomic E-state index is 12.8. The van der Waals surface area contributed by atoms with Gasteiger partial charge in [-0.05, 0) is 13.0 Å². The van der Waals surface area contributed by atoms with E-state index in [2.05, 4.69) is 4.98 Å². The highest BCUT2D eigenvalue weighted by atomic mass is 32.2. The number of amides is 1. The molecule has 1 N–H and O–H groups in total. The third-order valence-electron chi connectivity index (χ3n) is 4.10. The van der Waals surface area contributed by atoms with Crippen molar-refractivity contribution in [2.24, 2.45) is 0 Å². The fourth-order valence-corrected chi connectivity index (χ4v) is 3.76. The number of nitrogens with zero attached hydrogens (tertiary/aromatic N) is 2. The van der Waals surface area contributed by atoms with E-state index >= 15 is 0 Å². The summed E-state index contributed by atoms with van der Waals surface area (Å²) in [5, 5.41) is 0.913. The third-order valence-corrected chi connectivity index (χ3v) is 5.41. The van der Waals surface area contributed by atoms with Crippen molar-refractivity contribution in [3.63, 3.8) is 0 Å². The largest absolute Gasteiger partial charge is 0.358 e. The fraction of sp³-hybridized carbons (Fsp3) is 0.400. The molecule has 1 amide bonds. The van der Waals surface area contributed by atoms with E-state index in [4.69, 9.17) is 0 Å². The van der Waals surface area contributed by atoms with Crippen LogP contribution in [-0.4, -0.2) is 60.9 Å². The topological polar surface area (TPSA) is 73.5 Å². The van der Waals surface area contributed by atoms with Crippen molar-refractivity contribution < 1.29 is 13.2 Å². The van der Waals surface area contributed by atoms with Gasteiger partial charge in [-0.15, -0.1) is 0 Å². The average Bonchev–Trinajstić information content (AvgIpc) is 2.81. The number of aromatic amines is 1. The lowest BCUT2D eigenvalue weighted by molar-refractivity contribution is 0.0699. The highest BCUT2D eigenvalue weighted by molar-refractivity contribution is 7.88. The van der Waals surface area contributed by atoms with Crippen LogP contribution < -0.4 is 0 Å². The van der Waals surface area contributed by atoms with Crippen LogP contribution in [0.3, 0.4) is 0 Å². The van der Waals surface area contributed by atoms with Crippen LogP contribution in [0.5, 0.6) is 0 Å². The molecule has 1 saturated heterocycles. The molecule has 0 atom stereocenters. The van der Waals surface area contributed by atoms with E-state index in [1.165, 1.54) is 10.6 Å². The Morgan fingerprint density at radius 1 is 1.14 bits per heavy atom. The van der Waals surface area contributed by atoms with E-state index in [9.17, 15) is 13.2 Å². The first kappa shape index (κ1) is 15.1. The molecule has 7 heteroatoms. The lowest BCUT2D eigenvalue weighted by atomic mass is 10.1. The number of fused-ring (bicyclic) bond motifs is 1. The second-order valence-corrected chi connectivity index (χ2v) is 7.61. The van der Waals surface area contributed by atoms with Crippen LogP contribution in [0.2, 0.25) is 0 Å². The van der Waals surface area contributed by atoms with E-state index in [0.29, 0.717) is 31.7 Å². The van der Waals surface area contributed by atoms with E-state index in [-0.39, 0.29) is 5.91 Å². The van der Waals surface area contributed by atoms with Crippen molar-refractivity contribution in [3.05, 3.63) is 35.5 Å². The van der Waals surface area contributed by atoms with Crippen LogP contribution in [-0.2, 0) is 10.0 Å². The van der Waals surface area contributed by atoms with Gasteiger partial charge in [0.25, 0.3) is 5.91 Å². The quantitative estimate of drug-likeness (QED) is 0.903. The molecule has 3 rings (SSSR count). The lowest BCUT2D eigenvalue weighted by Crippen LogP contribution is -2.50. The molecule has 1 aliphatic rings. The molecule has 1 aromatic carbocycles. The van der Waals surface area contributed by atoms with Crippen molar-refractivity contribution in [3.8, 4) is 0 Å². The van der Waals surface area contributed by atoms with Gasteiger partial charge in [0.15, 0.2) is 0 Å². The number of nitrogens with one attached hydrogen (secondary N) is 1. The predicted octanol–water partition coefficient (Wildman–Crippen LogP) is 1.19. The molecule has 0 radical (unpaired) electrons. The Kier molecular flexibility index (Phi) is 3.70. The van der Waals surface area contributed by atoms with Crippen LogP contribution in [0.4, 0.5) is 0 Å². The highest BCUT2D eigenvalue weighted by Gasteiger charge is 2.28. The summed E-state index contributed by atoms with van der Waals surface area (Å²) in [4.78, 5) is 17.7. The minimum Gasteiger partial charge on any atom is -0.358 e. The predicted molar refractivity (Wildman–Crippen MR) is 85.4 cm³/mol. The van der Waals surface area contributed by atoms with Crippen LogP contribution in [0.15, 0.2) is 24.3 Å². The Bertz CT molecular complexity index is 818. The maximum atomic E-state index is 12.8. The van der Waals surface area contributed by atoms with Gasteiger partial charge >= 0.3 is 0 Å². The van der Waals surface area contributed by atoms with Crippen molar-refractivity contribution >= 4 is 26.8 Å². The fourth-order valence-electron chi connectivity index (χ4n) is 2.93. The van der Waals surface area contributed by atoms with Gasteiger partial charge in [-0.25, -0.2) is 8.42 Å². The Morgan fingerprint density at radius 2 is 1.77 bits per heavy atom. The van der Waals surface area contributed by atoms with Gasteiger partial charge in [0, 0.05) is 42.8 Å². The molecule has 0 bridgehead atoms. The van der Waals surface area contributed by atoms with Crippen molar-refractivity contribution in [1.82, 2.24) is 14.2 Å². The zero-order valence-corrected chi connectivity index (χ0v) is 13.5. The summed E-state index contributed by atoms with van der Waals surface area (Å²) < 4.78 is 24.5. The number of para-hydroxylation sites is 1. The molecule has 2 aromatic rings. The number of sulfonamides is 1. The van der Waals surface area contributed by atoms with Gasteiger partial charge in [0.1, 0.15) is 0 Å². The zero-order chi connectivity index (χ0) is 15.9. The molecule has 0 unspecified atom stereocenters. The number of aryl methyl sites for hydroxylation is 1. The van der Waals surface area contributed by atoms with Gasteiger partial charge in [-0.1, -0.05) is 18.2 Å².